The fraction of sp³-hybridized carbons (Fsp3) is 0.500. The number of hydrogen-bond donors (Lipinski definition) is 1. The van der Waals surface area contributed by atoms with Crippen LogP contribution in [0.3, 0.4) is 0 Å². The second-order valence-corrected chi connectivity index (χ2v) is 5.90. The minimum Gasteiger partial charge on any atom is -0.480 e. The average Bonchev–Trinajstić information content (AvgIpc) is 3.17. The molecule has 1 aromatic rings. The summed E-state index contributed by atoms with van der Waals surface area (Å²) in [6, 6.07) is -0.747. The van der Waals surface area contributed by atoms with Crippen molar-refractivity contribution in [3.63, 3.8) is 0 Å². The first-order chi connectivity index (χ1) is 9.18. The molecule has 1 saturated heterocycles. The first-order valence-corrected chi connectivity index (χ1v) is 7.15. The van der Waals surface area contributed by atoms with E-state index in [0.717, 1.165) is 12.8 Å². The Morgan fingerprint density at radius 1 is 1.32 bits per heavy atom. The maximum absolute atomic E-state index is 12.5. The Bertz CT molecular complexity index is 506. The predicted molar refractivity (Wildman–Crippen MR) is 68.6 cm³/mol. The van der Waals surface area contributed by atoms with E-state index in [-0.39, 0.29) is 11.3 Å². The molecule has 0 spiro atoms. The highest BCUT2D eigenvalue weighted by molar-refractivity contribution is 8.00. The SMILES string of the molecule is O=C(O)C1CSC(C2CC2)N1C(=O)c1cncnc1. The van der Waals surface area contributed by atoms with Crippen LogP contribution in [-0.2, 0) is 4.79 Å². The summed E-state index contributed by atoms with van der Waals surface area (Å²) in [6.07, 6.45) is 6.35. The summed E-state index contributed by atoms with van der Waals surface area (Å²) in [6.45, 7) is 0. The Morgan fingerprint density at radius 3 is 2.58 bits per heavy atom. The van der Waals surface area contributed by atoms with Crippen molar-refractivity contribution >= 4 is 23.6 Å². The topological polar surface area (TPSA) is 83.4 Å². The van der Waals surface area contributed by atoms with Crippen LogP contribution in [0.15, 0.2) is 18.7 Å². The number of rotatable bonds is 3. The van der Waals surface area contributed by atoms with Gasteiger partial charge in [0.15, 0.2) is 0 Å². The first kappa shape index (κ1) is 12.4. The molecule has 2 atom stereocenters. The van der Waals surface area contributed by atoms with E-state index in [1.165, 1.54) is 23.6 Å². The van der Waals surface area contributed by atoms with Gasteiger partial charge < -0.3 is 10.0 Å². The fourth-order valence-corrected chi connectivity index (χ4v) is 3.91. The van der Waals surface area contributed by atoms with E-state index in [0.29, 0.717) is 17.2 Å². The first-order valence-electron chi connectivity index (χ1n) is 6.10. The molecule has 1 aromatic heterocycles. The van der Waals surface area contributed by atoms with E-state index >= 15 is 0 Å². The zero-order valence-corrected chi connectivity index (χ0v) is 10.9. The highest BCUT2D eigenvalue weighted by Gasteiger charge is 2.48. The van der Waals surface area contributed by atoms with E-state index in [1.54, 1.807) is 11.8 Å². The van der Waals surface area contributed by atoms with Crippen LogP contribution in [0, 0.1) is 5.92 Å². The molecular weight excluding hydrogens is 266 g/mol. The van der Waals surface area contributed by atoms with Crippen molar-refractivity contribution in [2.45, 2.75) is 24.3 Å². The third kappa shape index (κ3) is 2.30. The van der Waals surface area contributed by atoms with Crippen molar-refractivity contribution in [2.24, 2.45) is 5.92 Å². The van der Waals surface area contributed by atoms with Gasteiger partial charge in [-0.25, -0.2) is 14.8 Å². The van der Waals surface area contributed by atoms with Crippen molar-refractivity contribution in [2.75, 3.05) is 5.75 Å². The van der Waals surface area contributed by atoms with Crippen LogP contribution in [0.25, 0.3) is 0 Å². The van der Waals surface area contributed by atoms with Crippen molar-refractivity contribution < 1.29 is 14.7 Å². The number of carbonyl (C=O) groups is 2. The minimum atomic E-state index is -0.944. The molecule has 1 N–H and O–H groups in total. The third-order valence-electron chi connectivity index (χ3n) is 3.39. The molecule has 7 heteroatoms. The van der Waals surface area contributed by atoms with Crippen molar-refractivity contribution in [1.82, 2.24) is 14.9 Å². The minimum absolute atomic E-state index is 0.0196. The van der Waals surface area contributed by atoms with Gasteiger partial charge in [0.05, 0.1) is 10.9 Å². The normalized spacial score (nSPS) is 26.4. The lowest BCUT2D eigenvalue weighted by Gasteiger charge is -2.27. The number of aliphatic carboxylic acids is 1. The van der Waals surface area contributed by atoms with Crippen LogP contribution in [0.4, 0.5) is 0 Å². The standard InChI is InChI=1S/C12H13N3O3S/c16-10(8-3-13-6-14-4-8)15-9(12(17)18)5-19-11(15)7-1-2-7/h3-4,6-7,9,11H,1-2,5H2,(H,17,18). The summed E-state index contributed by atoms with van der Waals surface area (Å²) < 4.78 is 0. The monoisotopic (exact) mass is 279 g/mol. The Morgan fingerprint density at radius 2 is 2.00 bits per heavy atom. The Hall–Kier alpha value is -1.63. The molecule has 2 fully saturated rings. The number of carboxylic acid groups (broad SMARTS) is 1. The molecule has 19 heavy (non-hydrogen) atoms. The summed E-state index contributed by atoms with van der Waals surface area (Å²) in [7, 11) is 0. The van der Waals surface area contributed by atoms with Gasteiger partial charge in [-0.05, 0) is 18.8 Å². The van der Waals surface area contributed by atoms with Crippen LogP contribution in [0.5, 0.6) is 0 Å². The summed E-state index contributed by atoms with van der Waals surface area (Å²) in [5.74, 6) is -0.339. The summed E-state index contributed by atoms with van der Waals surface area (Å²) in [4.78, 5) is 32.9. The van der Waals surface area contributed by atoms with Gasteiger partial charge in [-0.3, -0.25) is 4.79 Å². The lowest BCUT2D eigenvalue weighted by Crippen LogP contribution is -2.46. The number of carbonyl (C=O) groups excluding carboxylic acids is 1. The van der Waals surface area contributed by atoms with Gasteiger partial charge in [-0.1, -0.05) is 0 Å². The Kier molecular flexibility index (Phi) is 3.14. The zero-order chi connectivity index (χ0) is 13.4. The summed E-state index contributed by atoms with van der Waals surface area (Å²) in [5.41, 5.74) is 0.349. The van der Waals surface area contributed by atoms with Gasteiger partial charge in [0.1, 0.15) is 12.4 Å². The van der Waals surface area contributed by atoms with Gasteiger partial charge in [0, 0.05) is 18.1 Å². The molecule has 2 aliphatic rings. The predicted octanol–water partition coefficient (Wildman–Crippen LogP) is 0.855. The molecule has 2 unspecified atom stereocenters. The fourth-order valence-electron chi connectivity index (χ4n) is 2.28. The summed E-state index contributed by atoms with van der Waals surface area (Å²) >= 11 is 1.56. The molecule has 1 saturated carbocycles. The van der Waals surface area contributed by atoms with E-state index in [4.69, 9.17) is 0 Å². The Balaban J connectivity index is 1.89. The van der Waals surface area contributed by atoms with Gasteiger partial charge in [-0.15, -0.1) is 11.8 Å². The molecule has 0 radical (unpaired) electrons. The van der Waals surface area contributed by atoms with Crippen molar-refractivity contribution in [1.29, 1.82) is 0 Å². The van der Waals surface area contributed by atoms with E-state index in [9.17, 15) is 14.7 Å². The maximum Gasteiger partial charge on any atom is 0.327 e. The van der Waals surface area contributed by atoms with Crippen LogP contribution >= 0.6 is 11.8 Å². The number of thioether (sulfide) groups is 1. The Labute approximate surface area is 114 Å². The maximum atomic E-state index is 12.5. The van der Waals surface area contributed by atoms with Gasteiger partial charge in [-0.2, -0.15) is 0 Å². The van der Waals surface area contributed by atoms with Crippen LogP contribution in [-0.4, -0.2) is 49.0 Å². The van der Waals surface area contributed by atoms with Gasteiger partial charge in [0.25, 0.3) is 5.91 Å². The van der Waals surface area contributed by atoms with Crippen LogP contribution < -0.4 is 0 Å². The molecule has 0 aromatic carbocycles. The smallest absolute Gasteiger partial charge is 0.327 e. The number of nitrogens with zero attached hydrogens (tertiary/aromatic N) is 3. The quantitative estimate of drug-likeness (QED) is 0.883. The number of amides is 1. The van der Waals surface area contributed by atoms with Crippen LogP contribution in [0.1, 0.15) is 23.2 Å². The van der Waals surface area contributed by atoms with E-state index < -0.39 is 12.0 Å². The average molecular weight is 279 g/mol. The highest BCUT2D eigenvalue weighted by atomic mass is 32.2. The molecule has 6 nitrogen and oxygen atoms in total. The van der Waals surface area contributed by atoms with Crippen molar-refractivity contribution in [3.8, 4) is 0 Å². The molecule has 1 aliphatic heterocycles. The second-order valence-electron chi connectivity index (χ2n) is 4.75. The molecular formula is C12H13N3O3S. The molecule has 100 valence electrons. The number of aromatic nitrogens is 2. The van der Waals surface area contributed by atoms with Gasteiger partial charge in [0.2, 0.25) is 0 Å². The molecule has 1 aliphatic carbocycles. The molecule has 3 rings (SSSR count). The van der Waals surface area contributed by atoms with Crippen molar-refractivity contribution in [3.05, 3.63) is 24.3 Å². The number of carboxylic acids is 1. The van der Waals surface area contributed by atoms with Crippen LogP contribution in [0.2, 0.25) is 0 Å². The zero-order valence-electron chi connectivity index (χ0n) is 10.1. The third-order valence-corrected chi connectivity index (χ3v) is 4.85. The lowest BCUT2D eigenvalue weighted by atomic mass is 10.2. The summed E-state index contributed by atoms with van der Waals surface area (Å²) in [5, 5.41) is 9.24. The lowest BCUT2D eigenvalue weighted by molar-refractivity contribution is -0.141. The number of hydrogen-bond acceptors (Lipinski definition) is 5. The molecule has 1 amide bonds. The second kappa shape index (κ2) is 4.80. The molecule has 2 heterocycles. The van der Waals surface area contributed by atoms with Gasteiger partial charge >= 0.3 is 5.97 Å². The highest BCUT2D eigenvalue weighted by Crippen LogP contribution is 2.45. The molecule has 0 bridgehead atoms. The van der Waals surface area contributed by atoms with E-state index in [2.05, 4.69) is 9.97 Å². The van der Waals surface area contributed by atoms with E-state index in [1.807, 2.05) is 0 Å². The largest absolute Gasteiger partial charge is 0.480 e.